The van der Waals surface area contributed by atoms with E-state index in [-0.39, 0.29) is 22.5 Å². The number of imidazole rings is 1. The average molecular weight is 353 g/mol. The van der Waals surface area contributed by atoms with E-state index in [0.717, 1.165) is 17.8 Å². The molecule has 4 rings (SSSR count). The standard InChI is InChI=1S/C18H13F2N5O/c19-11-7-14-15(8-12(11)20)25-17(24-14)16-13(4-6-22-18(16)26)23-9-10-3-1-2-5-21-10/h1-8H,9H2,(H,24,25)(H2,22,23,26). The Hall–Kier alpha value is -3.55. The van der Waals surface area contributed by atoms with Crippen molar-refractivity contribution in [1.29, 1.82) is 0 Å². The van der Waals surface area contributed by atoms with Crippen LogP contribution in [-0.2, 0) is 6.54 Å². The zero-order valence-electron chi connectivity index (χ0n) is 13.4. The Morgan fingerprint density at radius 1 is 1.12 bits per heavy atom. The van der Waals surface area contributed by atoms with Gasteiger partial charge in [0.15, 0.2) is 11.6 Å². The highest BCUT2D eigenvalue weighted by Crippen LogP contribution is 2.25. The van der Waals surface area contributed by atoms with Crippen molar-refractivity contribution < 1.29 is 8.78 Å². The van der Waals surface area contributed by atoms with Crippen LogP contribution in [0.5, 0.6) is 0 Å². The fourth-order valence-corrected chi connectivity index (χ4v) is 2.67. The van der Waals surface area contributed by atoms with Crippen LogP contribution in [0.2, 0.25) is 0 Å². The van der Waals surface area contributed by atoms with E-state index in [1.54, 1.807) is 12.3 Å². The molecule has 0 spiro atoms. The quantitative estimate of drug-likeness (QED) is 0.526. The van der Waals surface area contributed by atoms with E-state index in [4.69, 9.17) is 0 Å². The predicted molar refractivity (Wildman–Crippen MR) is 93.6 cm³/mol. The molecule has 0 radical (unpaired) electrons. The maximum absolute atomic E-state index is 13.4. The topological polar surface area (TPSA) is 86.5 Å². The first-order valence-corrected chi connectivity index (χ1v) is 7.82. The molecule has 0 saturated heterocycles. The fourth-order valence-electron chi connectivity index (χ4n) is 2.67. The summed E-state index contributed by atoms with van der Waals surface area (Å²) in [7, 11) is 0. The van der Waals surface area contributed by atoms with Crippen molar-refractivity contribution in [3.63, 3.8) is 0 Å². The second kappa shape index (κ2) is 6.40. The van der Waals surface area contributed by atoms with Crippen LogP contribution in [0.25, 0.3) is 22.4 Å². The molecule has 6 nitrogen and oxygen atoms in total. The molecule has 4 aromatic rings. The molecule has 0 aliphatic rings. The van der Waals surface area contributed by atoms with E-state index < -0.39 is 11.6 Å². The summed E-state index contributed by atoms with van der Waals surface area (Å²) in [4.78, 5) is 26.2. The first kappa shape index (κ1) is 15.9. The highest BCUT2D eigenvalue weighted by molar-refractivity contribution is 5.82. The van der Waals surface area contributed by atoms with Crippen LogP contribution in [0.15, 0.2) is 53.6 Å². The predicted octanol–water partition coefficient (Wildman–Crippen LogP) is 3.20. The van der Waals surface area contributed by atoms with Crippen LogP contribution < -0.4 is 10.9 Å². The van der Waals surface area contributed by atoms with Gasteiger partial charge in [-0.2, -0.15) is 0 Å². The first-order chi connectivity index (χ1) is 12.6. The second-order valence-corrected chi connectivity index (χ2v) is 5.64. The molecule has 0 amide bonds. The highest BCUT2D eigenvalue weighted by atomic mass is 19.2. The molecular weight excluding hydrogens is 340 g/mol. The Bertz CT molecular complexity index is 1100. The van der Waals surface area contributed by atoms with Crippen molar-refractivity contribution in [2.24, 2.45) is 0 Å². The summed E-state index contributed by atoms with van der Waals surface area (Å²) in [5.41, 5.74) is 1.74. The Labute approximate surface area is 146 Å². The molecular formula is C18H13F2N5O. The van der Waals surface area contributed by atoms with E-state index in [0.29, 0.717) is 17.7 Å². The summed E-state index contributed by atoms with van der Waals surface area (Å²) < 4.78 is 26.8. The third-order valence-electron chi connectivity index (χ3n) is 3.91. The Morgan fingerprint density at radius 3 is 2.77 bits per heavy atom. The maximum atomic E-state index is 13.4. The summed E-state index contributed by atoms with van der Waals surface area (Å²) in [6.07, 6.45) is 3.19. The summed E-state index contributed by atoms with van der Waals surface area (Å²) in [5, 5.41) is 3.15. The second-order valence-electron chi connectivity index (χ2n) is 5.64. The molecule has 0 bridgehead atoms. The van der Waals surface area contributed by atoms with Gasteiger partial charge in [-0.15, -0.1) is 0 Å². The number of anilines is 1. The summed E-state index contributed by atoms with van der Waals surface area (Å²) in [5.74, 6) is -1.76. The molecule has 0 fully saturated rings. The largest absolute Gasteiger partial charge is 0.379 e. The number of aromatic amines is 2. The minimum Gasteiger partial charge on any atom is -0.379 e. The molecule has 0 unspecified atom stereocenters. The number of halogens is 2. The molecule has 0 aliphatic heterocycles. The molecule has 26 heavy (non-hydrogen) atoms. The monoisotopic (exact) mass is 353 g/mol. The first-order valence-electron chi connectivity index (χ1n) is 7.82. The summed E-state index contributed by atoms with van der Waals surface area (Å²) in [6.45, 7) is 0.404. The van der Waals surface area contributed by atoms with Crippen LogP contribution in [0.1, 0.15) is 5.69 Å². The summed E-state index contributed by atoms with van der Waals surface area (Å²) in [6, 6.07) is 9.22. The SMILES string of the molecule is O=c1[nH]ccc(NCc2ccccn2)c1-c1nc2cc(F)c(F)cc2[nH]1. The molecule has 0 saturated carbocycles. The van der Waals surface area contributed by atoms with Crippen molar-refractivity contribution in [3.05, 3.63) is 76.5 Å². The third-order valence-corrected chi connectivity index (χ3v) is 3.91. The van der Waals surface area contributed by atoms with Gasteiger partial charge in [0, 0.05) is 24.5 Å². The van der Waals surface area contributed by atoms with Gasteiger partial charge in [-0.1, -0.05) is 6.07 Å². The van der Waals surface area contributed by atoms with Crippen LogP contribution in [-0.4, -0.2) is 19.9 Å². The number of nitrogens with one attached hydrogen (secondary N) is 3. The van der Waals surface area contributed by atoms with Crippen molar-refractivity contribution in [2.45, 2.75) is 6.54 Å². The van der Waals surface area contributed by atoms with E-state index >= 15 is 0 Å². The lowest BCUT2D eigenvalue weighted by Crippen LogP contribution is -2.13. The minimum atomic E-state index is -0.994. The Morgan fingerprint density at radius 2 is 1.96 bits per heavy atom. The van der Waals surface area contributed by atoms with Crippen molar-refractivity contribution >= 4 is 16.7 Å². The van der Waals surface area contributed by atoms with Crippen molar-refractivity contribution in [1.82, 2.24) is 19.9 Å². The van der Waals surface area contributed by atoms with Gasteiger partial charge in [0.25, 0.3) is 5.56 Å². The van der Waals surface area contributed by atoms with Gasteiger partial charge in [-0.05, 0) is 18.2 Å². The van der Waals surface area contributed by atoms with Gasteiger partial charge < -0.3 is 15.3 Å². The van der Waals surface area contributed by atoms with Gasteiger partial charge in [-0.25, -0.2) is 13.8 Å². The number of rotatable bonds is 4. The smallest absolute Gasteiger partial charge is 0.261 e. The Kier molecular flexibility index (Phi) is 3.92. The van der Waals surface area contributed by atoms with Gasteiger partial charge in [0.2, 0.25) is 0 Å². The number of aromatic nitrogens is 4. The molecule has 0 atom stereocenters. The van der Waals surface area contributed by atoms with Crippen LogP contribution in [0, 0.1) is 11.6 Å². The maximum Gasteiger partial charge on any atom is 0.261 e. The van der Waals surface area contributed by atoms with Crippen molar-refractivity contribution in [2.75, 3.05) is 5.32 Å². The number of nitrogens with zero attached hydrogens (tertiary/aromatic N) is 2. The minimum absolute atomic E-state index is 0.218. The zero-order valence-corrected chi connectivity index (χ0v) is 13.4. The van der Waals surface area contributed by atoms with Crippen LogP contribution in [0.3, 0.4) is 0 Å². The molecule has 0 aliphatic carbocycles. The number of pyridine rings is 2. The van der Waals surface area contributed by atoms with Crippen molar-refractivity contribution in [3.8, 4) is 11.4 Å². The normalized spacial score (nSPS) is 11.0. The zero-order chi connectivity index (χ0) is 18.1. The molecule has 1 aromatic carbocycles. The van der Waals surface area contributed by atoms with E-state index in [1.807, 2.05) is 18.2 Å². The number of hydrogen-bond donors (Lipinski definition) is 3. The van der Waals surface area contributed by atoms with E-state index in [2.05, 4.69) is 25.3 Å². The van der Waals surface area contributed by atoms with Gasteiger partial charge >= 0.3 is 0 Å². The fraction of sp³-hybridized carbons (Fsp3) is 0.0556. The molecule has 130 valence electrons. The van der Waals surface area contributed by atoms with Crippen LogP contribution in [0.4, 0.5) is 14.5 Å². The lowest BCUT2D eigenvalue weighted by atomic mass is 10.2. The van der Waals surface area contributed by atoms with E-state index in [1.165, 1.54) is 6.20 Å². The van der Waals surface area contributed by atoms with Gasteiger partial charge in [0.05, 0.1) is 29.0 Å². The van der Waals surface area contributed by atoms with Crippen LogP contribution >= 0.6 is 0 Å². The number of H-pyrrole nitrogens is 2. The molecule has 8 heteroatoms. The molecule has 3 N–H and O–H groups in total. The number of benzene rings is 1. The third kappa shape index (κ3) is 2.92. The highest BCUT2D eigenvalue weighted by Gasteiger charge is 2.16. The lowest BCUT2D eigenvalue weighted by Gasteiger charge is -2.09. The Balaban J connectivity index is 1.75. The molecule has 3 aromatic heterocycles. The van der Waals surface area contributed by atoms with Gasteiger partial charge in [0.1, 0.15) is 11.4 Å². The lowest BCUT2D eigenvalue weighted by molar-refractivity contribution is 0.510. The van der Waals surface area contributed by atoms with E-state index in [9.17, 15) is 13.6 Å². The summed E-state index contributed by atoms with van der Waals surface area (Å²) >= 11 is 0. The number of fused-ring (bicyclic) bond motifs is 1. The average Bonchev–Trinajstić information content (AvgIpc) is 3.03. The molecule has 3 heterocycles. The van der Waals surface area contributed by atoms with Gasteiger partial charge in [-0.3, -0.25) is 9.78 Å². The number of hydrogen-bond acceptors (Lipinski definition) is 4.